The average molecular weight is 281 g/mol. The summed E-state index contributed by atoms with van der Waals surface area (Å²) in [7, 11) is 0. The van der Waals surface area contributed by atoms with Crippen molar-refractivity contribution >= 4 is 29.2 Å². The molecule has 1 aliphatic rings. The van der Waals surface area contributed by atoms with Crippen molar-refractivity contribution in [3.8, 4) is 0 Å². The van der Waals surface area contributed by atoms with E-state index in [1.807, 2.05) is 6.07 Å². The summed E-state index contributed by atoms with van der Waals surface area (Å²) >= 11 is 0. The first-order valence-corrected chi connectivity index (χ1v) is 6.26. The fourth-order valence-corrected chi connectivity index (χ4v) is 2.06. The average Bonchev–Trinajstić information content (AvgIpc) is 2.74. The number of carbonyl (C=O) groups is 3. The first-order chi connectivity index (χ1) is 10.1. The Morgan fingerprint density at radius 2 is 1.48 bits per heavy atom. The van der Waals surface area contributed by atoms with Gasteiger partial charge in [-0.1, -0.05) is 18.2 Å². The Morgan fingerprint density at radius 3 is 2.24 bits per heavy atom. The van der Waals surface area contributed by atoms with Gasteiger partial charge in [-0.15, -0.1) is 0 Å². The van der Waals surface area contributed by atoms with Crippen molar-refractivity contribution in [3.63, 3.8) is 0 Å². The molecule has 4 amide bonds. The maximum Gasteiger partial charge on any atom is 0.323 e. The summed E-state index contributed by atoms with van der Waals surface area (Å²) in [5.41, 5.74) is 1.67. The lowest BCUT2D eigenvalue weighted by molar-refractivity contribution is 0.0879. The second-order valence-electron chi connectivity index (χ2n) is 4.49. The van der Waals surface area contributed by atoms with Gasteiger partial charge in [0.2, 0.25) is 0 Å². The Kier molecular flexibility index (Phi) is 3.12. The van der Waals surface area contributed by atoms with Crippen LogP contribution in [0.25, 0.3) is 0 Å². The van der Waals surface area contributed by atoms with Gasteiger partial charge in [-0.2, -0.15) is 0 Å². The van der Waals surface area contributed by atoms with Gasteiger partial charge in [0, 0.05) is 11.4 Å². The number of benzene rings is 2. The van der Waals surface area contributed by atoms with Gasteiger partial charge in [-0.3, -0.25) is 14.9 Å². The van der Waals surface area contributed by atoms with Crippen LogP contribution in [0.3, 0.4) is 0 Å². The second kappa shape index (κ2) is 5.09. The molecule has 0 atom stereocenters. The quantitative estimate of drug-likeness (QED) is 0.737. The van der Waals surface area contributed by atoms with Crippen molar-refractivity contribution in [2.75, 3.05) is 10.6 Å². The van der Waals surface area contributed by atoms with Gasteiger partial charge >= 0.3 is 6.03 Å². The molecule has 1 aliphatic heterocycles. The molecule has 0 unspecified atom stereocenters. The lowest BCUT2D eigenvalue weighted by Gasteiger charge is -2.08. The minimum Gasteiger partial charge on any atom is -0.308 e. The molecule has 6 nitrogen and oxygen atoms in total. The highest BCUT2D eigenvalue weighted by Gasteiger charge is 2.26. The number of para-hydroxylation sites is 1. The molecule has 6 heteroatoms. The fourth-order valence-electron chi connectivity index (χ4n) is 2.06. The van der Waals surface area contributed by atoms with Crippen LogP contribution in [0.15, 0.2) is 48.5 Å². The van der Waals surface area contributed by atoms with Crippen LogP contribution in [0.4, 0.5) is 16.2 Å². The van der Waals surface area contributed by atoms with E-state index in [-0.39, 0.29) is 5.56 Å². The number of amides is 4. The van der Waals surface area contributed by atoms with Gasteiger partial charge in [0.1, 0.15) is 0 Å². The van der Waals surface area contributed by atoms with Crippen LogP contribution in [-0.4, -0.2) is 17.8 Å². The largest absolute Gasteiger partial charge is 0.323 e. The Hall–Kier alpha value is -3.15. The van der Waals surface area contributed by atoms with E-state index in [1.165, 1.54) is 12.1 Å². The van der Waals surface area contributed by atoms with Crippen LogP contribution < -0.4 is 16.0 Å². The third kappa shape index (κ3) is 2.59. The number of hydrogen-bond acceptors (Lipinski definition) is 3. The van der Waals surface area contributed by atoms with Crippen molar-refractivity contribution in [1.29, 1.82) is 0 Å². The van der Waals surface area contributed by atoms with Crippen LogP contribution in [0.5, 0.6) is 0 Å². The van der Waals surface area contributed by atoms with Gasteiger partial charge in [-0.05, 0) is 30.3 Å². The molecule has 21 heavy (non-hydrogen) atoms. The number of carbonyl (C=O) groups excluding carboxylic acids is 3. The first kappa shape index (κ1) is 12.9. The van der Waals surface area contributed by atoms with Crippen molar-refractivity contribution in [3.05, 3.63) is 59.7 Å². The fraction of sp³-hybridized carbons (Fsp3) is 0. The van der Waals surface area contributed by atoms with E-state index in [2.05, 4.69) is 16.0 Å². The molecule has 0 saturated carbocycles. The van der Waals surface area contributed by atoms with E-state index in [9.17, 15) is 14.4 Å². The number of hydrogen-bond donors (Lipinski definition) is 3. The van der Waals surface area contributed by atoms with E-state index in [0.29, 0.717) is 16.9 Å². The number of imide groups is 1. The summed E-state index contributed by atoms with van der Waals surface area (Å²) in [6, 6.07) is 13.1. The van der Waals surface area contributed by atoms with Crippen LogP contribution in [0, 0.1) is 0 Å². The SMILES string of the molecule is O=C(Nc1ccccc1)Nc1ccc2c(c1)C(=O)NC2=O. The van der Waals surface area contributed by atoms with Crippen LogP contribution in [0.1, 0.15) is 20.7 Å². The second-order valence-corrected chi connectivity index (χ2v) is 4.49. The van der Waals surface area contributed by atoms with Gasteiger partial charge in [0.25, 0.3) is 11.8 Å². The van der Waals surface area contributed by atoms with Crippen molar-refractivity contribution in [1.82, 2.24) is 5.32 Å². The Labute approximate surface area is 120 Å². The molecule has 2 aromatic rings. The highest BCUT2D eigenvalue weighted by molar-refractivity contribution is 6.22. The molecule has 0 bridgehead atoms. The zero-order chi connectivity index (χ0) is 14.8. The van der Waals surface area contributed by atoms with Crippen LogP contribution in [0.2, 0.25) is 0 Å². The third-order valence-corrected chi connectivity index (χ3v) is 3.03. The summed E-state index contributed by atoms with van der Waals surface area (Å²) in [4.78, 5) is 34.8. The topological polar surface area (TPSA) is 87.3 Å². The molecular weight excluding hydrogens is 270 g/mol. The van der Waals surface area contributed by atoms with Crippen molar-refractivity contribution in [2.24, 2.45) is 0 Å². The predicted molar refractivity (Wildman–Crippen MR) is 77.3 cm³/mol. The molecule has 2 aromatic carbocycles. The molecular formula is C15H11N3O3. The molecule has 0 aliphatic carbocycles. The lowest BCUT2D eigenvalue weighted by Crippen LogP contribution is -2.20. The van der Waals surface area contributed by atoms with E-state index in [4.69, 9.17) is 0 Å². The Bertz CT molecular complexity index is 741. The van der Waals surface area contributed by atoms with Crippen LogP contribution in [-0.2, 0) is 0 Å². The van der Waals surface area contributed by atoms with Gasteiger partial charge < -0.3 is 10.6 Å². The highest BCUT2D eigenvalue weighted by atomic mass is 16.2. The maximum absolute atomic E-state index is 11.8. The summed E-state index contributed by atoms with van der Waals surface area (Å²) < 4.78 is 0. The molecule has 3 N–H and O–H groups in total. The molecule has 0 saturated heterocycles. The van der Waals surface area contributed by atoms with E-state index in [0.717, 1.165) is 0 Å². The predicted octanol–water partition coefficient (Wildman–Crippen LogP) is 2.21. The zero-order valence-electron chi connectivity index (χ0n) is 10.8. The maximum atomic E-state index is 11.8. The standard InChI is InChI=1S/C15H11N3O3/c19-13-11-7-6-10(8-12(11)14(20)18-13)17-15(21)16-9-4-2-1-3-5-9/h1-8H,(H2,16,17,21)(H,18,19,20). The highest BCUT2D eigenvalue weighted by Crippen LogP contribution is 2.20. The third-order valence-electron chi connectivity index (χ3n) is 3.03. The van der Waals surface area contributed by atoms with Crippen molar-refractivity contribution in [2.45, 2.75) is 0 Å². The van der Waals surface area contributed by atoms with E-state index >= 15 is 0 Å². The van der Waals surface area contributed by atoms with Crippen LogP contribution >= 0.6 is 0 Å². The van der Waals surface area contributed by atoms with Crippen molar-refractivity contribution < 1.29 is 14.4 Å². The smallest absolute Gasteiger partial charge is 0.308 e. The minimum atomic E-state index is -0.456. The zero-order valence-corrected chi connectivity index (χ0v) is 10.8. The van der Waals surface area contributed by atoms with Gasteiger partial charge in [-0.25, -0.2) is 4.79 Å². The minimum absolute atomic E-state index is 0.262. The number of urea groups is 1. The van der Waals surface area contributed by atoms with E-state index < -0.39 is 17.8 Å². The lowest BCUT2D eigenvalue weighted by atomic mass is 10.1. The summed E-state index contributed by atoms with van der Waals surface area (Å²) in [6.45, 7) is 0. The molecule has 1 heterocycles. The summed E-state index contributed by atoms with van der Waals surface area (Å²) in [5, 5.41) is 7.47. The van der Waals surface area contributed by atoms with Gasteiger partial charge in [0.15, 0.2) is 0 Å². The molecule has 104 valence electrons. The molecule has 0 fully saturated rings. The number of nitrogens with one attached hydrogen (secondary N) is 3. The van der Waals surface area contributed by atoms with Gasteiger partial charge in [0.05, 0.1) is 11.1 Å². The molecule has 0 spiro atoms. The number of anilines is 2. The Balaban J connectivity index is 1.74. The summed E-state index contributed by atoms with van der Waals surface area (Å²) in [6.07, 6.45) is 0. The molecule has 0 aromatic heterocycles. The Morgan fingerprint density at radius 1 is 0.810 bits per heavy atom. The first-order valence-electron chi connectivity index (χ1n) is 6.26. The summed E-state index contributed by atoms with van der Waals surface area (Å²) in [5.74, 6) is -0.877. The molecule has 0 radical (unpaired) electrons. The number of rotatable bonds is 2. The number of fused-ring (bicyclic) bond motifs is 1. The normalized spacial score (nSPS) is 12.6. The molecule has 3 rings (SSSR count). The monoisotopic (exact) mass is 281 g/mol. The van der Waals surface area contributed by atoms with E-state index in [1.54, 1.807) is 30.3 Å².